The lowest BCUT2D eigenvalue weighted by molar-refractivity contribution is -0.147. The quantitative estimate of drug-likeness (QED) is 0.616. The van der Waals surface area contributed by atoms with Crippen molar-refractivity contribution >= 4 is 11.8 Å². The number of terminal acetylenes is 1. The first-order valence-corrected chi connectivity index (χ1v) is 4.62. The SMILES string of the molecule is C#CCCN1C(=O)C(C)NC(=O)C1C. The van der Waals surface area contributed by atoms with Crippen molar-refractivity contribution in [2.45, 2.75) is 32.4 Å². The highest BCUT2D eigenvalue weighted by molar-refractivity contribution is 5.96. The van der Waals surface area contributed by atoms with E-state index in [1.807, 2.05) is 0 Å². The highest BCUT2D eigenvalue weighted by atomic mass is 16.2. The minimum Gasteiger partial charge on any atom is -0.343 e. The van der Waals surface area contributed by atoms with Crippen LogP contribution in [0.5, 0.6) is 0 Å². The lowest BCUT2D eigenvalue weighted by atomic mass is 10.1. The molecular formula is C10H14N2O2. The first kappa shape index (κ1) is 10.6. The second-order valence-electron chi connectivity index (χ2n) is 3.39. The summed E-state index contributed by atoms with van der Waals surface area (Å²) in [6.45, 7) is 3.83. The Morgan fingerprint density at radius 3 is 2.71 bits per heavy atom. The van der Waals surface area contributed by atoms with Crippen LogP contribution < -0.4 is 5.32 Å². The molecule has 1 aliphatic heterocycles. The number of rotatable bonds is 2. The van der Waals surface area contributed by atoms with Gasteiger partial charge in [0.2, 0.25) is 11.8 Å². The third-order valence-corrected chi connectivity index (χ3v) is 2.36. The standard InChI is InChI=1S/C10H14N2O2/c1-4-5-6-12-8(3)9(13)11-7(2)10(12)14/h1,7-8H,5-6H2,2-3H3,(H,11,13). The van der Waals surface area contributed by atoms with E-state index in [0.29, 0.717) is 13.0 Å². The minimum atomic E-state index is -0.434. The predicted molar refractivity (Wildman–Crippen MR) is 52.2 cm³/mol. The van der Waals surface area contributed by atoms with Crippen molar-refractivity contribution < 1.29 is 9.59 Å². The Labute approximate surface area is 83.6 Å². The molecule has 14 heavy (non-hydrogen) atoms. The van der Waals surface area contributed by atoms with Crippen molar-refractivity contribution in [3.8, 4) is 12.3 Å². The molecule has 2 unspecified atom stereocenters. The average molecular weight is 194 g/mol. The van der Waals surface area contributed by atoms with Crippen LogP contribution in [0.1, 0.15) is 20.3 Å². The van der Waals surface area contributed by atoms with Crippen molar-refractivity contribution in [2.75, 3.05) is 6.54 Å². The molecule has 0 radical (unpaired) electrons. The van der Waals surface area contributed by atoms with E-state index in [1.54, 1.807) is 13.8 Å². The molecule has 1 N–H and O–H groups in total. The summed E-state index contributed by atoms with van der Waals surface area (Å²) < 4.78 is 0. The Morgan fingerprint density at radius 1 is 1.50 bits per heavy atom. The van der Waals surface area contributed by atoms with Crippen LogP contribution in [0.25, 0.3) is 0 Å². The van der Waals surface area contributed by atoms with E-state index in [2.05, 4.69) is 11.2 Å². The molecule has 4 heteroatoms. The summed E-state index contributed by atoms with van der Waals surface area (Å²) in [5.74, 6) is 2.28. The number of hydrogen-bond donors (Lipinski definition) is 1. The van der Waals surface area contributed by atoms with E-state index in [1.165, 1.54) is 4.90 Å². The topological polar surface area (TPSA) is 49.4 Å². The number of carbonyl (C=O) groups is 2. The summed E-state index contributed by atoms with van der Waals surface area (Å²) >= 11 is 0. The zero-order valence-electron chi connectivity index (χ0n) is 8.41. The normalized spacial score (nSPS) is 27.1. The van der Waals surface area contributed by atoms with Crippen LogP contribution in [-0.4, -0.2) is 35.3 Å². The second kappa shape index (κ2) is 4.14. The predicted octanol–water partition coefficient (Wildman–Crippen LogP) is -0.255. The van der Waals surface area contributed by atoms with Crippen LogP contribution in [0.2, 0.25) is 0 Å². The number of piperazine rings is 1. The van der Waals surface area contributed by atoms with Gasteiger partial charge in [-0.25, -0.2) is 0 Å². The van der Waals surface area contributed by atoms with Gasteiger partial charge in [-0.15, -0.1) is 12.3 Å². The van der Waals surface area contributed by atoms with E-state index in [-0.39, 0.29) is 11.8 Å². The van der Waals surface area contributed by atoms with Crippen LogP contribution in [0.3, 0.4) is 0 Å². The van der Waals surface area contributed by atoms with Gasteiger partial charge < -0.3 is 10.2 Å². The highest BCUT2D eigenvalue weighted by Gasteiger charge is 2.34. The summed E-state index contributed by atoms with van der Waals surface area (Å²) in [4.78, 5) is 24.5. The third kappa shape index (κ3) is 1.87. The largest absolute Gasteiger partial charge is 0.343 e. The zero-order valence-corrected chi connectivity index (χ0v) is 8.41. The maximum absolute atomic E-state index is 11.6. The number of nitrogens with zero attached hydrogens (tertiary/aromatic N) is 1. The fraction of sp³-hybridized carbons (Fsp3) is 0.600. The Hall–Kier alpha value is -1.50. The van der Waals surface area contributed by atoms with E-state index >= 15 is 0 Å². The molecule has 0 saturated carbocycles. The van der Waals surface area contributed by atoms with Gasteiger partial charge in [-0.1, -0.05) is 0 Å². The van der Waals surface area contributed by atoms with Gasteiger partial charge >= 0.3 is 0 Å². The van der Waals surface area contributed by atoms with Crippen molar-refractivity contribution in [1.82, 2.24) is 10.2 Å². The summed E-state index contributed by atoms with van der Waals surface area (Å²) in [5, 5.41) is 2.60. The van der Waals surface area contributed by atoms with Gasteiger partial charge in [0.25, 0.3) is 0 Å². The number of amides is 2. The lowest BCUT2D eigenvalue weighted by Gasteiger charge is -2.35. The first-order valence-electron chi connectivity index (χ1n) is 4.62. The number of hydrogen-bond acceptors (Lipinski definition) is 2. The summed E-state index contributed by atoms with van der Waals surface area (Å²) in [7, 11) is 0. The molecule has 2 amide bonds. The fourth-order valence-corrected chi connectivity index (χ4v) is 1.47. The van der Waals surface area contributed by atoms with E-state index in [0.717, 1.165) is 0 Å². The molecule has 1 rings (SSSR count). The van der Waals surface area contributed by atoms with Crippen molar-refractivity contribution in [3.63, 3.8) is 0 Å². The summed E-state index contributed by atoms with van der Waals surface area (Å²) in [6, 6.07) is -0.844. The second-order valence-corrected chi connectivity index (χ2v) is 3.39. The van der Waals surface area contributed by atoms with Crippen molar-refractivity contribution in [1.29, 1.82) is 0 Å². The molecule has 0 aromatic carbocycles. The maximum Gasteiger partial charge on any atom is 0.245 e. The highest BCUT2D eigenvalue weighted by Crippen LogP contribution is 2.09. The Bertz CT molecular complexity index is 293. The molecule has 1 heterocycles. The summed E-state index contributed by atoms with van der Waals surface area (Å²) in [5.41, 5.74) is 0. The van der Waals surface area contributed by atoms with Crippen molar-refractivity contribution in [2.24, 2.45) is 0 Å². The summed E-state index contributed by atoms with van der Waals surface area (Å²) in [6.07, 6.45) is 5.60. The molecule has 0 aromatic rings. The van der Waals surface area contributed by atoms with Gasteiger partial charge in [0.15, 0.2) is 0 Å². The zero-order chi connectivity index (χ0) is 10.7. The van der Waals surface area contributed by atoms with Gasteiger partial charge in [-0.3, -0.25) is 9.59 Å². The van der Waals surface area contributed by atoms with Crippen LogP contribution in [0.15, 0.2) is 0 Å². The van der Waals surface area contributed by atoms with Crippen molar-refractivity contribution in [3.05, 3.63) is 0 Å². The van der Waals surface area contributed by atoms with E-state index < -0.39 is 12.1 Å². The Morgan fingerprint density at radius 2 is 2.14 bits per heavy atom. The molecule has 0 aromatic heterocycles. The van der Waals surface area contributed by atoms with Crippen LogP contribution >= 0.6 is 0 Å². The number of nitrogens with one attached hydrogen (secondary N) is 1. The van der Waals surface area contributed by atoms with Crippen LogP contribution in [0, 0.1) is 12.3 Å². The average Bonchev–Trinajstić information content (AvgIpc) is 2.15. The van der Waals surface area contributed by atoms with Gasteiger partial charge in [0.05, 0.1) is 0 Å². The fourth-order valence-electron chi connectivity index (χ4n) is 1.47. The van der Waals surface area contributed by atoms with E-state index in [9.17, 15) is 9.59 Å². The van der Waals surface area contributed by atoms with Gasteiger partial charge in [0, 0.05) is 13.0 Å². The molecule has 1 aliphatic rings. The van der Waals surface area contributed by atoms with Gasteiger partial charge in [-0.05, 0) is 13.8 Å². The molecular weight excluding hydrogens is 180 g/mol. The first-order chi connectivity index (χ1) is 6.57. The maximum atomic E-state index is 11.6. The molecule has 4 nitrogen and oxygen atoms in total. The van der Waals surface area contributed by atoms with Gasteiger partial charge in [-0.2, -0.15) is 0 Å². The molecule has 0 aliphatic carbocycles. The Balaban J connectivity index is 2.73. The molecule has 76 valence electrons. The van der Waals surface area contributed by atoms with Crippen LogP contribution in [-0.2, 0) is 9.59 Å². The number of carbonyl (C=O) groups excluding carboxylic acids is 2. The third-order valence-electron chi connectivity index (χ3n) is 2.36. The molecule has 0 bridgehead atoms. The minimum absolute atomic E-state index is 0.0626. The molecule has 2 atom stereocenters. The molecule has 1 fully saturated rings. The molecule has 0 spiro atoms. The Kier molecular flexibility index (Phi) is 3.13. The van der Waals surface area contributed by atoms with Gasteiger partial charge in [0.1, 0.15) is 12.1 Å². The van der Waals surface area contributed by atoms with E-state index in [4.69, 9.17) is 6.42 Å². The van der Waals surface area contributed by atoms with Crippen LogP contribution in [0.4, 0.5) is 0 Å². The monoisotopic (exact) mass is 194 g/mol. The smallest absolute Gasteiger partial charge is 0.245 e. The molecule has 1 saturated heterocycles. The lowest BCUT2D eigenvalue weighted by Crippen LogP contribution is -2.61.